The Morgan fingerprint density at radius 1 is 1.46 bits per heavy atom. The molecule has 0 aromatic heterocycles. The topological polar surface area (TPSA) is 92.4 Å². The van der Waals surface area contributed by atoms with E-state index in [1.807, 2.05) is 0 Å². The molecule has 0 aromatic carbocycles. The van der Waals surface area contributed by atoms with Gasteiger partial charge in [0.25, 0.3) is 0 Å². The largest absolute Gasteiger partial charge is 0.478 e. The average Bonchev–Trinajstić information content (AvgIpc) is 2.16. The van der Waals surface area contributed by atoms with E-state index in [1.165, 1.54) is 20.2 Å². The molecule has 0 aliphatic carbocycles. The first-order valence-corrected chi connectivity index (χ1v) is 3.78. The molecular weight excluding hydrogens is 172 g/mol. The second-order valence-electron chi connectivity index (χ2n) is 1.97. The Morgan fingerprint density at radius 2 is 1.92 bits per heavy atom. The summed E-state index contributed by atoms with van der Waals surface area (Å²) in [6.45, 7) is 1.59. The molecule has 1 amide bonds. The number of allylic oxidation sites excluding steroid dienone is 1. The lowest BCUT2D eigenvalue weighted by atomic mass is 10.2. The van der Waals surface area contributed by atoms with E-state index in [0.29, 0.717) is 0 Å². The number of aliphatic carboxylic acids is 1. The fourth-order valence-corrected chi connectivity index (χ4v) is 0.563. The van der Waals surface area contributed by atoms with Gasteiger partial charge in [-0.1, -0.05) is 6.08 Å². The molecule has 0 fully saturated rings. The van der Waals surface area contributed by atoms with Crippen LogP contribution >= 0.6 is 0 Å². The summed E-state index contributed by atoms with van der Waals surface area (Å²) in [6, 6.07) is 0. The Morgan fingerprint density at radius 3 is 2.15 bits per heavy atom. The van der Waals surface area contributed by atoms with Crippen molar-refractivity contribution in [3.8, 4) is 0 Å². The number of hydrogen-bond donors (Lipinski definition) is 3. The van der Waals surface area contributed by atoms with Crippen LogP contribution in [0, 0.1) is 0 Å². The van der Waals surface area contributed by atoms with Gasteiger partial charge in [0.05, 0.1) is 6.42 Å². The highest BCUT2D eigenvalue weighted by molar-refractivity contribution is 5.93. The lowest BCUT2D eigenvalue weighted by Gasteiger charge is -1.98. The van der Waals surface area contributed by atoms with Gasteiger partial charge in [0.2, 0.25) is 5.91 Å². The maximum absolute atomic E-state index is 10.7. The number of rotatable bonds is 3. The van der Waals surface area contributed by atoms with E-state index in [-0.39, 0.29) is 17.9 Å². The monoisotopic (exact) mass is 188 g/mol. The Kier molecular flexibility index (Phi) is 9.53. The number of nitrogens with two attached hydrogens (primary N) is 1. The minimum absolute atomic E-state index is 0.0671. The lowest BCUT2D eigenvalue weighted by Crippen LogP contribution is -2.20. The maximum atomic E-state index is 10.7. The fraction of sp³-hybridized carbons (Fsp3) is 0.500. The van der Waals surface area contributed by atoms with Crippen LogP contribution in [0.5, 0.6) is 0 Å². The van der Waals surface area contributed by atoms with Crippen molar-refractivity contribution in [1.29, 1.82) is 0 Å². The summed E-state index contributed by atoms with van der Waals surface area (Å²) in [6.07, 6.45) is 1.35. The van der Waals surface area contributed by atoms with Crippen molar-refractivity contribution in [2.24, 2.45) is 5.73 Å². The quantitative estimate of drug-likeness (QED) is 0.531. The normalized spacial score (nSPS) is 9.69. The third-order valence-corrected chi connectivity index (χ3v) is 1.25. The van der Waals surface area contributed by atoms with Crippen LogP contribution in [-0.2, 0) is 9.59 Å². The number of nitrogens with one attached hydrogen (secondary N) is 1. The van der Waals surface area contributed by atoms with E-state index >= 15 is 0 Å². The summed E-state index contributed by atoms with van der Waals surface area (Å²) >= 11 is 0. The zero-order valence-electron chi connectivity index (χ0n) is 8.13. The number of carboxylic acids is 1. The van der Waals surface area contributed by atoms with Crippen LogP contribution in [0.2, 0.25) is 0 Å². The summed E-state index contributed by atoms with van der Waals surface area (Å²) in [5, 5.41) is 10.8. The summed E-state index contributed by atoms with van der Waals surface area (Å²) in [4.78, 5) is 21.0. The second-order valence-corrected chi connectivity index (χ2v) is 1.97. The molecule has 0 aliphatic rings. The first kappa shape index (κ1) is 14.2. The molecule has 5 heteroatoms. The van der Waals surface area contributed by atoms with Gasteiger partial charge in [-0.3, -0.25) is 4.79 Å². The van der Waals surface area contributed by atoms with E-state index < -0.39 is 5.97 Å². The van der Waals surface area contributed by atoms with Crippen molar-refractivity contribution >= 4 is 11.9 Å². The second kappa shape index (κ2) is 8.73. The first-order valence-electron chi connectivity index (χ1n) is 3.78. The molecule has 76 valence electrons. The molecular formula is C8H16N2O3. The first-order chi connectivity index (χ1) is 6.11. The molecule has 0 spiro atoms. The van der Waals surface area contributed by atoms with Gasteiger partial charge in [0.15, 0.2) is 0 Å². The molecule has 0 saturated carbocycles. The third kappa shape index (κ3) is 7.02. The van der Waals surface area contributed by atoms with E-state index in [2.05, 4.69) is 11.1 Å². The van der Waals surface area contributed by atoms with Gasteiger partial charge >= 0.3 is 5.97 Å². The third-order valence-electron chi connectivity index (χ3n) is 1.25. The number of amides is 1. The smallest absolute Gasteiger partial charge is 0.331 e. The summed E-state index contributed by atoms with van der Waals surface area (Å²) in [5.74, 6) is -1.34. The Hall–Kier alpha value is -1.36. The highest BCUT2D eigenvalue weighted by Gasteiger charge is 2.09. The zero-order valence-corrected chi connectivity index (χ0v) is 8.13. The molecule has 0 unspecified atom stereocenters. The van der Waals surface area contributed by atoms with E-state index in [0.717, 1.165) is 0 Å². The van der Waals surface area contributed by atoms with Crippen molar-refractivity contribution in [2.45, 2.75) is 13.3 Å². The van der Waals surface area contributed by atoms with Crippen molar-refractivity contribution in [2.75, 3.05) is 14.1 Å². The predicted octanol–water partition coefficient (Wildman–Crippen LogP) is -0.272. The van der Waals surface area contributed by atoms with Crippen molar-refractivity contribution in [3.05, 3.63) is 11.6 Å². The standard InChI is InChI=1S/C7H11NO3.CH5N/c1-3-5(7(10)11)4-6(9)8-2;1-2/h3H,4H2,1-2H3,(H,8,9)(H,10,11);2H2,1H3/b5-3-;. The number of carboxylic acid groups (broad SMARTS) is 1. The number of carbonyl (C=O) groups excluding carboxylic acids is 1. The van der Waals surface area contributed by atoms with Crippen LogP contribution in [0.25, 0.3) is 0 Å². The molecule has 0 saturated heterocycles. The summed E-state index contributed by atoms with van der Waals surface area (Å²) < 4.78 is 0. The fourth-order valence-electron chi connectivity index (χ4n) is 0.563. The molecule has 13 heavy (non-hydrogen) atoms. The van der Waals surface area contributed by atoms with E-state index in [9.17, 15) is 9.59 Å². The molecule has 4 N–H and O–H groups in total. The highest BCUT2D eigenvalue weighted by Crippen LogP contribution is 1.99. The number of hydrogen-bond acceptors (Lipinski definition) is 3. The van der Waals surface area contributed by atoms with Gasteiger partial charge in [-0.15, -0.1) is 0 Å². The minimum atomic E-state index is -1.05. The van der Waals surface area contributed by atoms with E-state index in [4.69, 9.17) is 5.11 Å². The van der Waals surface area contributed by atoms with E-state index in [1.54, 1.807) is 6.92 Å². The molecule has 0 radical (unpaired) electrons. The summed E-state index contributed by atoms with van der Waals surface area (Å²) in [7, 11) is 2.97. The Labute approximate surface area is 77.6 Å². The molecule has 0 atom stereocenters. The Bertz CT molecular complexity index is 200. The van der Waals surface area contributed by atoms with Gasteiger partial charge in [0, 0.05) is 12.6 Å². The molecule has 5 nitrogen and oxygen atoms in total. The van der Waals surface area contributed by atoms with Crippen LogP contribution in [0.3, 0.4) is 0 Å². The minimum Gasteiger partial charge on any atom is -0.478 e. The molecule has 0 rings (SSSR count). The highest BCUT2D eigenvalue weighted by atomic mass is 16.4. The molecule has 0 bridgehead atoms. The van der Waals surface area contributed by atoms with Crippen LogP contribution < -0.4 is 11.1 Å². The molecule has 0 aromatic rings. The van der Waals surface area contributed by atoms with Crippen LogP contribution in [0.15, 0.2) is 11.6 Å². The summed E-state index contributed by atoms with van der Waals surface area (Å²) in [5.41, 5.74) is 4.62. The number of carbonyl (C=O) groups is 2. The Balaban J connectivity index is 0. The molecule has 0 aliphatic heterocycles. The maximum Gasteiger partial charge on any atom is 0.331 e. The van der Waals surface area contributed by atoms with Gasteiger partial charge in [-0.2, -0.15) is 0 Å². The predicted molar refractivity (Wildman–Crippen MR) is 50.2 cm³/mol. The van der Waals surface area contributed by atoms with Gasteiger partial charge in [0.1, 0.15) is 0 Å². The van der Waals surface area contributed by atoms with Crippen LogP contribution in [0.4, 0.5) is 0 Å². The molecule has 0 heterocycles. The lowest BCUT2D eigenvalue weighted by molar-refractivity contribution is -0.134. The van der Waals surface area contributed by atoms with Crippen LogP contribution in [-0.4, -0.2) is 31.1 Å². The van der Waals surface area contributed by atoms with Gasteiger partial charge < -0.3 is 16.2 Å². The zero-order chi connectivity index (χ0) is 10.9. The average molecular weight is 188 g/mol. The van der Waals surface area contributed by atoms with Gasteiger partial charge in [-0.05, 0) is 14.0 Å². The SMILES string of the molecule is C/C=C(/CC(=O)NC)C(=O)O.CN. The van der Waals surface area contributed by atoms with Crippen LogP contribution in [0.1, 0.15) is 13.3 Å². The van der Waals surface area contributed by atoms with Crippen molar-refractivity contribution in [3.63, 3.8) is 0 Å². The van der Waals surface area contributed by atoms with Crippen molar-refractivity contribution in [1.82, 2.24) is 5.32 Å². The van der Waals surface area contributed by atoms with Crippen molar-refractivity contribution < 1.29 is 14.7 Å². The van der Waals surface area contributed by atoms with Gasteiger partial charge in [-0.25, -0.2) is 4.79 Å².